The largest absolute Gasteiger partial charge is 0.455 e. The first-order valence-corrected chi connectivity index (χ1v) is 10.6. The average molecular weight is 444 g/mol. The van der Waals surface area contributed by atoms with Crippen LogP contribution in [0, 0.1) is 0 Å². The Bertz CT molecular complexity index is 998. The Hall–Kier alpha value is -3.06. The third-order valence-electron chi connectivity index (χ3n) is 5.19. The molecule has 1 heterocycles. The molecular weight excluding hydrogens is 417 g/mol. The van der Waals surface area contributed by atoms with E-state index in [1.54, 1.807) is 12.1 Å². The molecule has 0 radical (unpaired) electrons. The summed E-state index contributed by atoms with van der Waals surface area (Å²) in [5.74, 6) is 0.597. The molecule has 0 saturated heterocycles. The summed E-state index contributed by atoms with van der Waals surface area (Å²) in [5, 5.41) is 2.87. The van der Waals surface area contributed by atoms with Crippen molar-refractivity contribution >= 4 is 5.91 Å². The molecule has 1 atom stereocenters. The van der Waals surface area contributed by atoms with E-state index in [1.807, 2.05) is 44.2 Å². The zero-order valence-electron chi connectivity index (χ0n) is 18.2. The van der Waals surface area contributed by atoms with Gasteiger partial charge in [-0.1, -0.05) is 49.4 Å². The van der Waals surface area contributed by atoms with Gasteiger partial charge in [0.05, 0.1) is 12.1 Å². The van der Waals surface area contributed by atoms with Crippen LogP contribution in [0.5, 0.6) is 0 Å². The predicted octanol–water partition coefficient (Wildman–Crippen LogP) is 6.03. The molecule has 0 saturated carbocycles. The fraction of sp³-hybridized carbons (Fsp3) is 0.320. The number of amides is 1. The SMILES string of the molecule is CCC(C)NC(=O)c1ccc(CN(Cc2ccccc2)Cc2ccc(C(F)(F)F)cc2)o1. The van der Waals surface area contributed by atoms with E-state index >= 15 is 0 Å². The van der Waals surface area contributed by atoms with Gasteiger partial charge in [0.2, 0.25) is 0 Å². The lowest BCUT2D eigenvalue weighted by atomic mass is 10.1. The van der Waals surface area contributed by atoms with Crippen molar-refractivity contribution in [2.24, 2.45) is 0 Å². The molecule has 4 nitrogen and oxygen atoms in total. The Balaban J connectivity index is 1.74. The lowest BCUT2D eigenvalue weighted by molar-refractivity contribution is -0.137. The summed E-state index contributed by atoms with van der Waals surface area (Å²) in [6.07, 6.45) is -3.54. The fourth-order valence-electron chi connectivity index (χ4n) is 3.27. The summed E-state index contributed by atoms with van der Waals surface area (Å²) in [6.45, 7) is 5.33. The number of rotatable bonds is 9. The second-order valence-corrected chi connectivity index (χ2v) is 7.87. The fourth-order valence-corrected chi connectivity index (χ4v) is 3.27. The normalized spacial score (nSPS) is 12.7. The van der Waals surface area contributed by atoms with Gasteiger partial charge in [0.25, 0.3) is 5.91 Å². The Kier molecular flexibility index (Phi) is 7.75. The van der Waals surface area contributed by atoms with Crippen molar-refractivity contribution in [2.45, 2.75) is 52.1 Å². The number of benzene rings is 2. The quantitative estimate of drug-likeness (QED) is 0.438. The van der Waals surface area contributed by atoms with E-state index in [4.69, 9.17) is 4.42 Å². The molecule has 170 valence electrons. The second kappa shape index (κ2) is 10.5. The van der Waals surface area contributed by atoms with Crippen LogP contribution in [0.4, 0.5) is 13.2 Å². The van der Waals surface area contributed by atoms with Crippen LogP contribution in [-0.4, -0.2) is 16.8 Å². The van der Waals surface area contributed by atoms with E-state index in [0.717, 1.165) is 29.7 Å². The van der Waals surface area contributed by atoms with Gasteiger partial charge in [0, 0.05) is 19.1 Å². The summed E-state index contributed by atoms with van der Waals surface area (Å²) in [5.41, 5.74) is 1.16. The molecular formula is C25H27F3N2O2. The van der Waals surface area contributed by atoms with Gasteiger partial charge in [0.15, 0.2) is 5.76 Å². The highest BCUT2D eigenvalue weighted by Crippen LogP contribution is 2.29. The van der Waals surface area contributed by atoms with Gasteiger partial charge in [-0.3, -0.25) is 9.69 Å². The van der Waals surface area contributed by atoms with E-state index in [9.17, 15) is 18.0 Å². The lowest BCUT2D eigenvalue weighted by Crippen LogP contribution is -2.31. The van der Waals surface area contributed by atoms with Crippen LogP contribution in [-0.2, 0) is 25.8 Å². The van der Waals surface area contributed by atoms with E-state index in [1.165, 1.54) is 12.1 Å². The standard InChI is InChI=1S/C25H27F3N2O2/c1-3-18(2)29-24(31)23-14-13-22(32-23)17-30(15-19-7-5-4-6-8-19)16-20-9-11-21(12-10-20)25(26,27)28/h4-14,18H,3,15-17H2,1-2H3,(H,29,31). The maximum atomic E-state index is 12.9. The van der Waals surface area contributed by atoms with Gasteiger partial charge in [-0.25, -0.2) is 0 Å². The number of nitrogens with one attached hydrogen (secondary N) is 1. The van der Waals surface area contributed by atoms with E-state index in [2.05, 4.69) is 10.2 Å². The van der Waals surface area contributed by atoms with E-state index in [0.29, 0.717) is 25.4 Å². The molecule has 1 unspecified atom stereocenters. The van der Waals surface area contributed by atoms with Crippen molar-refractivity contribution in [3.63, 3.8) is 0 Å². The molecule has 0 spiro atoms. The molecule has 1 aromatic heterocycles. The van der Waals surface area contributed by atoms with Crippen LogP contribution < -0.4 is 5.32 Å². The first-order valence-electron chi connectivity index (χ1n) is 10.6. The lowest BCUT2D eigenvalue weighted by Gasteiger charge is -2.22. The van der Waals surface area contributed by atoms with Crippen LogP contribution in [0.3, 0.4) is 0 Å². The molecule has 0 aliphatic rings. The van der Waals surface area contributed by atoms with Gasteiger partial charge < -0.3 is 9.73 Å². The number of alkyl halides is 3. The summed E-state index contributed by atoms with van der Waals surface area (Å²) in [7, 11) is 0. The Morgan fingerprint density at radius 3 is 2.16 bits per heavy atom. The van der Waals surface area contributed by atoms with Crippen LogP contribution >= 0.6 is 0 Å². The molecule has 1 amide bonds. The summed E-state index contributed by atoms with van der Waals surface area (Å²) in [6, 6.07) is 18.4. The van der Waals surface area contributed by atoms with Crippen LogP contribution in [0.1, 0.15) is 53.3 Å². The molecule has 3 aromatic rings. The highest BCUT2D eigenvalue weighted by atomic mass is 19.4. The van der Waals surface area contributed by atoms with Crippen molar-refractivity contribution in [3.8, 4) is 0 Å². The number of hydrogen-bond donors (Lipinski definition) is 1. The topological polar surface area (TPSA) is 45.5 Å². The van der Waals surface area contributed by atoms with Crippen molar-refractivity contribution < 1.29 is 22.4 Å². The zero-order valence-corrected chi connectivity index (χ0v) is 18.2. The number of furan rings is 1. The zero-order chi connectivity index (χ0) is 23.1. The van der Waals surface area contributed by atoms with Gasteiger partial charge >= 0.3 is 6.18 Å². The molecule has 0 aliphatic heterocycles. The molecule has 2 aromatic carbocycles. The molecule has 0 fully saturated rings. The Labute approximate surface area is 186 Å². The van der Waals surface area contributed by atoms with Crippen LogP contribution in [0.15, 0.2) is 71.1 Å². The van der Waals surface area contributed by atoms with Gasteiger partial charge in [0.1, 0.15) is 5.76 Å². The predicted molar refractivity (Wildman–Crippen MR) is 117 cm³/mol. The first kappa shape index (κ1) is 23.6. The highest BCUT2D eigenvalue weighted by Gasteiger charge is 2.30. The minimum absolute atomic E-state index is 0.0466. The van der Waals surface area contributed by atoms with E-state index < -0.39 is 11.7 Å². The minimum Gasteiger partial charge on any atom is -0.455 e. The van der Waals surface area contributed by atoms with Crippen LogP contribution in [0.25, 0.3) is 0 Å². The van der Waals surface area contributed by atoms with Crippen molar-refractivity contribution in [1.29, 1.82) is 0 Å². The number of nitrogens with zero attached hydrogens (tertiary/aromatic N) is 1. The number of carbonyl (C=O) groups excluding carboxylic acids is 1. The molecule has 32 heavy (non-hydrogen) atoms. The van der Waals surface area contributed by atoms with Gasteiger partial charge in [-0.05, 0) is 48.7 Å². The first-order chi connectivity index (χ1) is 15.2. The molecule has 1 N–H and O–H groups in total. The summed E-state index contributed by atoms with van der Waals surface area (Å²) in [4.78, 5) is 14.4. The molecule has 7 heteroatoms. The number of halogens is 3. The van der Waals surface area contributed by atoms with Gasteiger partial charge in [-0.15, -0.1) is 0 Å². The summed E-state index contributed by atoms with van der Waals surface area (Å²) >= 11 is 0. The van der Waals surface area contributed by atoms with Crippen molar-refractivity contribution in [2.75, 3.05) is 0 Å². The maximum Gasteiger partial charge on any atom is 0.416 e. The van der Waals surface area contributed by atoms with E-state index in [-0.39, 0.29) is 17.7 Å². The third-order valence-corrected chi connectivity index (χ3v) is 5.19. The number of hydrogen-bond acceptors (Lipinski definition) is 3. The minimum atomic E-state index is -4.36. The number of carbonyl (C=O) groups is 1. The molecule has 3 rings (SSSR count). The Morgan fingerprint density at radius 2 is 1.56 bits per heavy atom. The van der Waals surface area contributed by atoms with Gasteiger partial charge in [-0.2, -0.15) is 13.2 Å². The monoisotopic (exact) mass is 444 g/mol. The molecule has 0 bridgehead atoms. The smallest absolute Gasteiger partial charge is 0.416 e. The highest BCUT2D eigenvalue weighted by molar-refractivity contribution is 5.91. The molecule has 0 aliphatic carbocycles. The second-order valence-electron chi connectivity index (χ2n) is 7.87. The van der Waals surface area contributed by atoms with Crippen molar-refractivity contribution in [3.05, 3.63) is 94.9 Å². The summed E-state index contributed by atoms with van der Waals surface area (Å²) < 4.78 is 44.4. The Morgan fingerprint density at radius 1 is 0.938 bits per heavy atom. The maximum absolute atomic E-state index is 12.9. The third kappa shape index (κ3) is 6.72. The average Bonchev–Trinajstić information content (AvgIpc) is 3.22. The van der Waals surface area contributed by atoms with Crippen LogP contribution in [0.2, 0.25) is 0 Å². The van der Waals surface area contributed by atoms with Crippen molar-refractivity contribution in [1.82, 2.24) is 10.2 Å².